The van der Waals surface area contributed by atoms with E-state index in [1.165, 1.54) is 6.42 Å². The van der Waals surface area contributed by atoms with Gasteiger partial charge >= 0.3 is 0 Å². The minimum absolute atomic E-state index is 0.225. The van der Waals surface area contributed by atoms with Crippen LogP contribution in [-0.2, 0) is 9.53 Å². The Kier molecular flexibility index (Phi) is 1.18. The largest absolute Gasteiger partial charge is 0.497 e. The minimum Gasteiger partial charge on any atom is -0.497 e. The quantitative estimate of drug-likeness (QED) is 0.542. The first-order valence-electron chi connectivity index (χ1n) is 4.73. The Morgan fingerprint density at radius 1 is 1.50 bits per heavy atom. The summed E-state index contributed by atoms with van der Waals surface area (Å²) in [5.41, 5.74) is 0. The van der Waals surface area contributed by atoms with Crippen LogP contribution in [0.3, 0.4) is 0 Å². The number of carbonyl (C=O) groups is 1. The van der Waals surface area contributed by atoms with Gasteiger partial charge in [-0.3, -0.25) is 4.79 Å². The van der Waals surface area contributed by atoms with Crippen molar-refractivity contribution < 1.29 is 9.53 Å². The maximum Gasteiger partial charge on any atom is 0.140 e. The number of Topliss-reactive ketones (excluding diaryl/α,β-unsaturated/α-hetero) is 1. The van der Waals surface area contributed by atoms with Gasteiger partial charge in [-0.2, -0.15) is 0 Å². The lowest BCUT2D eigenvalue weighted by molar-refractivity contribution is -0.148. The summed E-state index contributed by atoms with van der Waals surface area (Å²) in [7, 11) is 0. The van der Waals surface area contributed by atoms with Crippen molar-refractivity contribution in [1.29, 1.82) is 0 Å². The number of ether oxygens (including phenoxy) is 1. The molecule has 4 unspecified atom stereocenters. The Morgan fingerprint density at radius 2 is 2.42 bits per heavy atom. The number of carbonyl (C=O) groups excluding carboxylic acids is 1. The molecule has 2 heteroatoms. The summed E-state index contributed by atoms with van der Waals surface area (Å²) in [6.45, 7) is 0. The molecule has 2 fully saturated rings. The maximum atomic E-state index is 11.5. The molecule has 0 bridgehead atoms. The van der Waals surface area contributed by atoms with E-state index in [0.29, 0.717) is 17.6 Å². The molecular formula is C10H12O2. The van der Waals surface area contributed by atoms with Crippen molar-refractivity contribution in [1.82, 2.24) is 0 Å². The molecule has 0 spiro atoms. The Balaban J connectivity index is 1.87. The van der Waals surface area contributed by atoms with Crippen LogP contribution in [0.15, 0.2) is 12.3 Å². The second-order valence-corrected chi connectivity index (χ2v) is 4.05. The first-order valence-corrected chi connectivity index (χ1v) is 4.73. The van der Waals surface area contributed by atoms with Crippen molar-refractivity contribution in [2.45, 2.75) is 25.4 Å². The van der Waals surface area contributed by atoms with Gasteiger partial charge in [0, 0.05) is 12.3 Å². The average molecular weight is 164 g/mol. The standard InChI is InChI=1S/C10H12O2/c11-8-3-1-2-6-7-4-5-12-10(7)9(6)8/h4-7,9-10H,1-3H2. The van der Waals surface area contributed by atoms with E-state index in [-0.39, 0.29) is 12.0 Å². The van der Waals surface area contributed by atoms with Crippen LogP contribution in [0.2, 0.25) is 0 Å². The number of hydrogen-bond acceptors (Lipinski definition) is 2. The molecule has 12 heavy (non-hydrogen) atoms. The molecule has 0 aromatic rings. The normalized spacial score (nSPS) is 49.2. The summed E-state index contributed by atoms with van der Waals surface area (Å²) in [6, 6.07) is 0. The van der Waals surface area contributed by atoms with Crippen LogP contribution in [-0.4, -0.2) is 11.9 Å². The number of ketones is 1. The molecule has 0 saturated heterocycles. The maximum absolute atomic E-state index is 11.5. The molecule has 1 heterocycles. The summed E-state index contributed by atoms with van der Waals surface area (Å²) in [5.74, 6) is 1.88. The average Bonchev–Trinajstić information content (AvgIpc) is 2.43. The van der Waals surface area contributed by atoms with Crippen molar-refractivity contribution in [2.24, 2.45) is 17.8 Å². The van der Waals surface area contributed by atoms with Gasteiger partial charge in [-0.1, -0.05) is 0 Å². The van der Waals surface area contributed by atoms with E-state index >= 15 is 0 Å². The second kappa shape index (κ2) is 2.12. The Morgan fingerprint density at radius 3 is 3.33 bits per heavy atom. The van der Waals surface area contributed by atoms with Gasteiger partial charge in [-0.05, 0) is 24.8 Å². The molecule has 0 aromatic heterocycles. The third kappa shape index (κ3) is 0.637. The molecule has 1 aliphatic heterocycles. The Labute approximate surface area is 71.6 Å². The van der Waals surface area contributed by atoms with E-state index in [1.807, 2.05) is 0 Å². The van der Waals surface area contributed by atoms with Crippen molar-refractivity contribution in [3.05, 3.63) is 12.3 Å². The summed E-state index contributed by atoms with van der Waals surface area (Å²) in [6.07, 6.45) is 7.24. The molecule has 0 N–H and O–H groups in total. The number of fused-ring (bicyclic) bond motifs is 4. The monoisotopic (exact) mass is 164 g/mol. The smallest absolute Gasteiger partial charge is 0.140 e. The minimum atomic E-state index is 0.225. The van der Waals surface area contributed by atoms with Gasteiger partial charge < -0.3 is 4.74 Å². The third-order valence-electron chi connectivity index (χ3n) is 3.56. The zero-order chi connectivity index (χ0) is 8.13. The fraction of sp³-hybridized carbons (Fsp3) is 0.700. The molecular weight excluding hydrogens is 152 g/mol. The van der Waals surface area contributed by atoms with E-state index < -0.39 is 0 Å². The third-order valence-corrected chi connectivity index (χ3v) is 3.56. The zero-order valence-corrected chi connectivity index (χ0v) is 6.90. The molecule has 4 atom stereocenters. The van der Waals surface area contributed by atoms with Crippen LogP contribution >= 0.6 is 0 Å². The highest BCUT2D eigenvalue weighted by Crippen LogP contribution is 2.52. The highest BCUT2D eigenvalue weighted by atomic mass is 16.5. The number of hydrogen-bond donors (Lipinski definition) is 0. The van der Waals surface area contributed by atoms with E-state index in [4.69, 9.17) is 4.74 Å². The lowest BCUT2D eigenvalue weighted by Crippen LogP contribution is -2.54. The molecule has 3 aliphatic rings. The summed E-state index contributed by atoms with van der Waals surface area (Å²) in [4.78, 5) is 11.5. The molecule has 2 aliphatic carbocycles. The van der Waals surface area contributed by atoms with E-state index in [2.05, 4.69) is 6.08 Å². The van der Waals surface area contributed by atoms with Crippen molar-refractivity contribution in [2.75, 3.05) is 0 Å². The number of rotatable bonds is 0. The topological polar surface area (TPSA) is 26.3 Å². The molecule has 0 amide bonds. The van der Waals surface area contributed by atoms with E-state index in [1.54, 1.807) is 6.26 Å². The van der Waals surface area contributed by atoms with Gasteiger partial charge in [0.05, 0.1) is 12.2 Å². The van der Waals surface area contributed by atoms with E-state index in [9.17, 15) is 4.79 Å². The van der Waals surface area contributed by atoms with Crippen LogP contribution in [0.25, 0.3) is 0 Å². The fourth-order valence-electron chi connectivity index (χ4n) is 2.95. The molecule has 2 saturated carbocycles. The molecule has 3 rings (SSSR count). The summed E-state index contributed by atoms with van der Waals surface area (Å²) >= 11 is 0. The molecule has 0 aromatic carbocycles. The van der Waals surface area contributed by atoms with Crippen LogP contribution in [0.5, 0.6) is 0 Å². The first-order chi connectivity index (χ1) is 5.88. The van der Waals surface area contributed by atoms with Crippen molar-refractivity contribution >= 4 is 5.78 Å². The van der Waals surface area contributed by atoms with Gasteiger partial charge in [-0.15, -0.1) is 0 Å². The molecule has 64 valence electrons. The Bertz CT molecular complexity index is 257. The summed E-state index contributed by atoms with van der Waals surface area (Å²) in [5, 5.41) is 0. The van der Waals surface area contributed by atoms with Gasteiger partial charge in [0.25, 0.3) is 0 Å². The van der Waals surface area contributed by atoms with Gasteiger partial charge in [0.15, 0.2) is 0 Å². The van der Waals surface area contributed by atoms with Crippen molar-refractivity contribution in [3.63, 3.8) is 0 Å². The zero-order valence-electron chi connectivity index (χ0n) is 6.90. The first kappa shape index (κ1) is 6.70. The molecule has 0 radical (unpaired) electrons. The van der Waals surface area contributed by atoms with Gasteiger partial charge in [0.1, 0.15) is 11.9 Å². The predicted molar refractivity (Wildman–Crippen MR) is 43.3 cm³/mol. The summed E-state index contributed by atoms with van der Waals surface area (Å²) < 4.78 is 5.39. The van der Waals surface area contributed by atoms with Gasteiger partial charge in [0.2, 0.25) is 0 Å². The van der Waals surface area contributed by atoms with Crippen LogP contribution < -0.4 is 0 Å². The SMILES string of the molecule is O=C1CCCC2C3C=COC3C12. The lowest BCUT2D eigenvalue weighted by atomic mass is 9.56. The highest BCUT2D eigenvalue weighted by Gasteiger charge is 2.56. The molecule has 2 nitrogen and oxygen atoms in total. The van der Waals surface area contributed by atoms with Gasteiger partial charge in [-0.25, -0.2) is 0 Å². The van der Waals surface area contributed by atoms with Crippen LogP contribution in [0, 0.1) is 17.8 Å². The van der Waals surface area contributed by atoms with Crippen molar-refractivity contribution in [3.8, 4) is 0 Å². The lowest BCUT2D eigenvalue weighted by Gasteiger charge is -2.48. The van der Waals surface area contributed by atoms with Crippen LogP contribution in [0.4, 0.5) is 0 Å². The Hall–Kier alpha value is -0.790. The highest BCUT2D eigenvalue weighted by molar-refractivity contribution is 5.84. The predicted octanol–water partition coefficient (Wildman–Crippen LogP) is 1.51. The van der Waals surface area contributed by atoms with Crippen LogP contribution in [0.1, 0.15) is 19.3 Å². The fourth-order valence-corrected chi connectivity index (χ4v) is 2.95. The second-order valence-electron chi connectivity index (χ2n) is 4.05. The van der Waals surface area contributed by atoms with E-state index in [0.717, 1.165) is 12.8 Å².